The Morgan fingerprint density at radius 2 is 1.94 bits per heavy atom. The number of benzene rings is 2. The summed E-state index contributed by atoms with van der Waals surface area (Å²) >= 11 is 0. The van der Waals surface area contributed by atoms with Crippen molar-refractivity contribution in [1.82, 2.24) is 9.88 Å². The Morgan fingerprint density at radius 1 is 1.13 bits per heavy atom. The van der Waals surface area contributed by atoms with Crippen LogP contribution in [0.15, 0.2) is 42.5 Å². The van der Waals surface area contributed by atoms with E-state index in [4.69, 9.17) is 5.26 Å². The Morgan fingerprint density at radius 3 is 2.68 bits per heavy atom. The van der Waals surface area contributed by atoms with Gasteiger partial charge in [-0.3, -0.25) is 4.90 Å². The molecule has 0 bridgehead atoms. The zero-order valence-corrected chi connectivity index (χ0v) is 17.9. The van der Waals surface area contributed by atoms with Gasteiger partial charge in [0.25, 0.3) is 0 Å². The number of nitrogens with zero attached hydrogens (tertiary/aromatic N) is 3. The molecule has 0 atom stereocenters. The van der Waals surface area contributed by atoms with Crippen LogP contribution < -0.4 is 4.90 Å². The summed E-state index contributed by atoms with van der Waals surface area (Å²) in [5.74, 6) is -0.884. The van der Waals surface area contributed by atoms with E-state index in [0.717, 1.165) is 74.3 Å². The first-order valence-corrected chi connectivity index (χ1v) is 10.9. The van der Waals surface area contributed by atoms with Crippen molar-refractivity contribution in [3.63, 3.8) is 0 Å². The van der Waals surface area contributed by atoms with Crippen LogP contribution in [0.3, 0.4) is 0 Å². The number of unbranched alkanes of at least 4 members (excludes halogenated alkanes) is 1. The molecule has 1 saturated heterocycles. The highest BCUT2D eigenvalue weighted by Gasteiger charge is 2.17. The van der Waals surface area contributed by atoms with Crippen molar-refractivity contribution in [2.75, 3.05) is 37.6 Å². The number of carbonyl (C=O) groups is 1. The van der Waals surface area contributed by atoms with Crippen LogP contribution in [-0.4, -0.2) is 53.7 Å². The number of rotatable bonds is 7. The fourth-order valence-corrected chi connectivity index (χ4v) is 4.48. The van der Waals surface area contributed by atoms with Gasteiger partial charge >= 0.3 is 5.97 Å². The van der Waals surface area contributed by atoms with Crippen molar-refractivity contribution in [2.45, 2.75) is 26.2 Å². The number of aryl methyl sites for hydroxylation is 2. The molecule has 0 saturated carbocycles. The number of carboxylic acids is 1. The summed E-state index contributed by atoms with van der Waals surface area (Å²) < 4.78 is 0. The van der Waals surface area contributed by atoms with Gasteiger partial charge in [-0.05, 0) is 74.7 Å². The van der Waals surface area contributed by atoms with Gasteiger partial charge in [0.05, 0.1) is 17.2 Å². The van der Waals surface area contributed by atoms with E-state index in [0.29, 0.717) is 11.1 Å². The number of hydrogen-bond acceptors (Lipinski definition) is 4. The third-order valence-corrected chi connectivity index (χ3v) is 6.23. The molecule has 1 fully saturated rings. The first kappa shape index (κ1) is 21.0. The third-order valence-electron chi connectivity index (χ3n) is 6.23. The lowest BCUT2D eigenvalue weighted by Gasteiger charge is -2.36. The number of nitrogens with one attached hydrogen (secondary N) is 1. The molecule has 0 amide bonds. The lowest BCUT2D eigenvalue weighted by Crippen LogP contribution is -2.46. The van der Waals surface area contributed by atoms with Gasteiger partial charge in [0.1, 0.15) is 0 Å². The van der Waals surface area contributed by atoms with Crippen LogP contribution in [0.2, 0.25) is 0 Å². The molecule has 1 aromatic heterocycles. The average Bonchev–Trinajstić information content (AvgIpc) is 3.11. The van der Waals surface area contributed by atoms with Gasteiger partial charge in [0.15, 0.2) is 0 Å². The fourth-order valence-electron chi connectivity index (χ4n) is 4.48. The number of H-pyrrole nitrogens is 1. The van der Waals surface area contributed by atoms with Gasteiger partial charge in [0, 0.05) is 48.5 Å². The highest BCUT2D eigenvalue weighted by atomic mass is 16.4. The molecule has 160 valence electrons. The normalized spacial score (nSPS) is 14.6. The van der Waals surface area contributed by atoms with Gasteiger partial charge in [-0.1, -0.05) is 6.07 Å². The summed E-state index contributed by atoms with van der Waals surface area (Å²) in [4.78, 5) is 19.6. The minimum atomic E-state index is -0.884. The van der Waals surface area contributed by atoms with Crippen LogP contribution >= 0.6 is 0 Å². The molecule has 4 rings (SSSR count). The fraction of sp³-hybridized carbons (Fsp3) is 0.360. The predicted molar refractivity (Wildman–Crippen MR) is 123 cm³/mol. The second-order valence-corrected chi connectivity index (χ2v) is 8.24. The molecule has 1 aliphatic heterocycles. The van der Waals surface area contributed by atoms with E-state index in [1.54, 1.807) is 12.1 Å². The summed E-state index contributed by atoms with van der Waals surface area (Å²) in [6, 6.07) is 15.4. The van der Waals surface area contributed by atoms with Crippen LogP contribution in [0.25, 0.3) is 10.9 Å². The van der Waals surface area contributed by atoms with Gasteiger partial charge < -0.3 is 15.0 Å². The highest BCUT2D eigenvalue weighted by Crippen LogP contribution is 2.25. The smallest absolute Gasteiger partial charge is 0.335 e. The minimum Gasteiger partial charge on any atom is -0.478 e. The second kappa shape index (κ2) is 9.23. The van der Waals surface area contributed by atoms with Crippen molar-refractivity contribution in [3.8, 4) is 6.07 Å². The van der Waals surface area contributed by atoms with Crippen LogP contribution in [0.5, 0.6) is 0 Å². The Balaban J connectivity index is 1.27. The zero-order valence-electron chi connectivity index (χ0n) is 17.9. The quantitative estimate of drug-likeness (QED) is 0.564. The molecule has 6 nitrogen and oxygen atoms in total. The molecule has 0 unspecified atom stereocenters. The molecule has 2 heterocycles. The summed E-state index contributed by atoms with van der Waals surface area (Å²) in [6.45, 7) is 7.17. The lowest BCUT2D eigenvalue weighted by atomic mass is 10.0. The third kappa shape index (κ3) is 4.73. The second-order valence-electron chi connectivity index (χ2n) is 8.24. The summed E-state index contributed by atoms with van der Waals surface area (Å²) in [5.41, 5.74) is 5.56. The number of aromatic nitrogens is 1. The molecule has 3 aromatic rings. The predicted octanol–water partition coefficient (Wildman–Crippen LogP) is 4.19. The van der Waals surface area contributed by atoms with Crippen molar-refractivity contribution in [1.29, 1.82) is 5.26 Å². The summed E-state index contributed by atoms with van der Waals surface area (Å²) in [6.07, 6.45) is 3.15. The monoisotopic (exact) mass is 416 g/mol. The largest absolute Gasteiger partial charge is 0.478 e. The zero-order chi connectivity index (χ0) is 21.8. The standard InChI is InChI=1S/C25H28N4O2/c1-18-22(23-16-20(25(30)31)8-9-24(23)27-18)7-2-3-10-28-11-13-29(14-12-28)21-6-4-5-19(15-21)17-26/h4-6,8-9,15-16,27H,2-3,7,10-14H2,1H3,(H,30,31). The van der Waals surface area contributed by atoms with Crippen molar-refractivity contribution in [2.24, 2.45) is 0 Å². The Labute approximate surface area is 182 Å². The number of anilines is 1. The van der Waals surface area contributed by atoms with Crippen LogP contribution in [0.4, 0.5) is 5.69 Å². The van der Waals surface area contributed by atoms with E-state index in [-0.39, 0.29) is 0 Å². The number of fused-ring (bicyclic) bond motifs is 1. The van der Waals surface area contributed by atoms with E-state index >= 15 is 0 Å². The van der Waals surface area contributed by atoms with E-state index in [1.165, 1.54) is 5.56 Å². The molecule has 0 spiro atoms. The number of piperazine rings is 1. The highest BCUT2D eigenvalue weighted by molar-refractivity contribution is 5.95. The number of nitriles is 1. The SMILES string of the molecule is Cc1[nH]c2ccc(C(=O)O)cc2c1CCCCN1CCN(c2cccc(C#N)c2)CC1. The first-order chi connectivity index (χ1) is 15.0. The molecular weight excluding hydrogens is 388 g/mol. The van der Waals surface area contributed by atoms with E-state index in [2.05, 4.69) is 33.8 Å². The maximum Gasteiger partial charge on any atom is 0.335 e. The van der Waals surface area contributed by atoms with E-state index in [9.17, 15) is 9.90 Å². The lowest BCUT2D eigenvalue weighted by molar-refractivity contribution is 0.0697. The molecule has 31 heavy (non-hydrogen) atoms. The first-order valence-electron chi connectivity index (χ1n) is 10.9. The Bertz CT molecular complexity index is 1120. The molecule has 1 aliphatic rings. The summed E-state index contributed by atoms with van der Waals surface area (Å²) in [5, 5.41) is 19.4. The number of carboxylic acid groups (broad SMARTS) is 1. The maximum absolute atomic E-state index is 11.3. The molecule has 6 heteroatoms. The maximum atomic E-state index is 11.3. The molecule has 0 radical (unpaired) electrons. The minimum absolute atomic E-state index is 0.339. The summed E-state index contributed by atoms with van der Waals surface area (Å²) in [7, 11) is 0. The van der Waals surface area contributed by atoms with Gasteiger partial charge in [-0.15, -0.1) is 0 Å². The van der Waals surface area contributed by atoms with Gasteiger partial charge in [-0.2, -0.15) is 5.26 Å². The topological polar surface area (TPSA) is 83.4 Å². The van der Waals surface area contributed by atoms with Gasteiger partial charge in [-0.25, -0.2) is 4.79 Å². The van der Waals surface area contributed by atoms with Crippen LogP contribution in [-0.2, 0) is 6.42 Å². The van der Waals surface area contributed by atoms with Gasteiger partial charge in [0.2, 0.25) is 0 Å². The molecule has 2 aromatic carbocycles. The molecule has 2 N–H and O–H groups in total. The Kier molecular flexibility index (Phi) is 6.24. The number of hydrogen-bond donors (Lipinski definition) is 2. The van der Waals surface area contributed by atoms with E-state index in [1.807, 2.05) is 24.3 Å². The van der Waals surface area contributed by atoms with Crippen molar-refractivity contribution >= 4 is 22.6 Å². The van der Waals surface area contributed by atoms with Crippen molar-refractivity contribution in [3.05, 3.63) is 64.8 Å². The Hall–Kier alpha value is -3.30. The number of aromatic amines is 1. The van der Waals surface area contributed by atoms with E-state index < -0.39 is 5.97 Å². The number of aromatic carboxylic acids is 1. The van der Waals surface area contributed by atoms with Crippen LogP contribution in [0.1, 0.15) is 40.0 Å². The molecular formula is C25H28N4O2. The molecule has 0 aliphatic carbocycles. The van der Waals surface area contributed by atoms with Crippen molar-refractivity contribution < 1.29 is 9.90 Å². The van der Waals surface area contributed by atoms with Crippen LogP contribution in [0, 0.1) is 18.3 Å². The average molecular weight is 417 g/mol.